The SMILES string of the molecule is COCCOCO[C@@H]1C[C@@H]([C@@H](/C=C/C(=O)O)OCc2ccc(OC)cc2)[C@H](/C=C/CCC[C@H](C)O)C1. The third kappa shape index (κ3) is 11.7. The first kappa shape index (κ1) is 30.0. The van der Waals surface area contributed by atoms with Crippen molar-refractivity contribution in [1.29, 1.82) is 0 Å². The number of rotatable bonds is 18. The molecular weight excluding hydrogens is 464 g/mol. The van der Waals surface area contributed by atoms with Crippen molar-refractivity contribution < 1.29 is 38.7 Å². The molecule has 202 valence electrons. The Morgan fingerprint density at radius 2 is 1.94 bits per heavy atom. The van der Waals surface area contributed by atoms with E-state index < -0.39 is 12.1 Å². The van der Waals surface area contributed by atoms with Crippen LogP contribution in [0, 0.1) is 11.8 Å². The molecule has 5 atom stereocenters. The Bertz CT molecular complexity index is 789. The van der Waals surface area contributed by atoms with E-state index in [4.69, 9.17) is 23.7 Å². The molecule has 1 aliphatic rings. The highest BCUT2D eigenvalue weighted by Crippen LogP contribution is 2.39. The van der Waals surface area contributed by atoms with Gasteiger partial charge in [0.1, 0.15) is 12.5 Å². The van der Waals surface area contributed by atoms with Crippen LogP contribution in [0.25, 0.3) is 0 Å². The Balaban J connectivity index is 2.09. The number of carboxylic acid groups (broad SMARTS) is 1. The summed E-state index contributed by atoms with van der Waals surface area (Å²) < 4.78 is 27.9. The number of ether oxygens (including phenoxy) is 5. The van der Waals surface area contributed by atoms with Crippen molar-refractivity contribution in [2.24, 2.45) is 11.8 Å². The molecule has 1 aliphatic carbocycles. The first-order chi connectivity index (χ1) is 17.4. The van der Waals surface area contributed by atoms with Crippen LogP contribution in [-0.4, -0.2) is 68.7 Å². The molecule has 0 aliphatic heterocycles. The number of allylic oxidation sites excluding steroid dienone is 2. The molecule has 0 heterocycles. The summed E-state index contributed by atoms with van der Waals surface area (Å²) in [7, 11) is 3.25. The Labute approximate surface area is 214 Å². The number of aliphatic hydroxyl groups is 1. The van der Waals surface area contributed by atoms with Crippen LogP contribution < -0.4 is 4.74 Å². The number of unbranched alkanes of at least 4 members (excludes halogenated alkanes) is 1. The van der Waals surface area contributed by atoms with Gasteiger partial charge in [0.15, 0.2) is 0 Å². The van der Waals surface area contributed by atoms with Gasteiger partial charge >= 0.3 is 5.97 Å². The number of hydrogen-bond donors (Lipinski definition) is 2. The summed E-state index contributed by atoms with van der Waals surface area (Å²) in [6.07, 6.45) is 10.5. The van der Waals surface area contributed by atoms with Gasteiger partial charge in [-0.2, -0.15) is 0 Å². The summed E-state index contributed by atoms with van der Waals surface area (Å²) in [5.41, 5.74) is 0.979. The lowest BCUT2D eigenvalue weighted by Gasteiger charge is -2.25. The highest BCUT2D eigenvalue weighted by atomic mass is 16.7. The molecule has 0 unspecified atom stereocenters. The van der Waals surface area contributed by atoms with E-state index in [1.165, 1.54) is 0 Å². The van der Waals surface area contributed by atoms with E-state index in [1.54, 1.807) is 27.2 Å². The van der Waals surface area contributed by atoms with Gasteiger partial charge in [-0.3, -0.25) is 0 Å². The molecule has 2 N–H and O–H groups in total. The number of hydrogen-bond acceptors (Lipinski definition) is 7. The molecule has 0 radical (unpaired) electrons. The molecule has 2 rings (SSSR count). The van der Waals surface area contributed by atoms with Gasteiger partial charge in [-0.15, -0.1) is 0 Å². The van der Waals surface area contributed by atoms with Crippen LogP contribution in [0.5, 0.6) is 5.75 Å². The fourth-order valence-electron chi connectivity index (χ4n) is 4.35. The van der Waals surface area contributed by atoms with E-state index in [9.17, 15) is 15.0 Å². The van der Waals surface area contributed by atoms with Gasteiger partial charge in [-0.1, -0.05) is 24.3 Å². The largest absolute Gasteiger partial charge is 0.497 e. The van der Waals surface area contributed by atoms with E-state index >= 15 is 0 Å². The van der Waals surface area contributed by atoms with Crippen molar-refractivity contribution >= 4 is 5.97 Å². The molecule has 1 aromatic carbocycles. The van der Waals surface area contributed by atoms with Crippen LogP contribution in [0.15, 0.2) is 48.6 Å². The minimum atomic E-state index is -1.00. The molecule has 1 aromatic rings. The molecule has 1 fully saturated rings. The van der Waals surface area contributed by atoms with Crippen molar-refractivity contribution in [3.05, 3.63) is 54.1 Å². The van der Waals surface area contributed by atoms with Gasteiger partial charge in [0.2, 0.25) is 0 Å². The van der Waals surface area contributed by atoms with Gasteiger partial charge < -0.3 is 33.9 Å². The smallest absolute Gasteiger partial charge is 0.328 e. The molecule has 0 amide bonds. The number of carboxylic acids is 1. The minimum Gasteiger partial charge on any atom is -0.497 e. The summed E-state index contributed by atoms with van der Waals surface area (Å²) in [6, 6.07) is 7.63. The minimum absolute atomic E-state index is 0.0185. The quantitative estimate of drug-likeness (QED) is 0.131. The fraction of sp³-hybridized carbons (Fsp3) is 0.607. The maximum atomic E-state index is 11.3. The van der Waals surface area contributed by atoms with Crippen LogP contribution in [0.3, 0.4) is 0 Å². The predicted molar refractivity (Wildman–Crippen MR) is 137 cm³/mol. The lowest BCUT2D eigenvalue weighted by atomic mass is 9.89. The zero-order chi connectivity index (χ0) is 26.2. The third-order valence-electron chi connectivity index (χ3n) is 6.27. The number of benzene rings is 1. The third-order valence-corrected chi connectivity index (χ3v) is 6.27. The molecular formula is C28H42O8. The molecule has 36 heavy (non-hydrogen) atoms. The van der Waals surface area contributed by atoms with E-state index in [1.807, 2.05) is 24.3 Å². The Kier molecular flexibility index (Phi) is 14.4. The number of methoxy groups -OCH3 is 2. The maximum absolute atomic E-state index is 11.3. The zero-order valence-corrected chi connectivity index (χ0v) is 21.7. The molecule has 8 nitrogen and oxygen atoms in total. The first-order valence-electron chi connectivity index (χ1n) is 12.6. The molecule has 0 bridgehead atoms. The second-order valence-corrected chi connectivity index (χ2v) is 9.14. The van der Waals surface area contributed by atoms with Gasteiger partial charge in [-0.05, 0) is 74.6 Å². The van der Waals surface area contributed by atoms with Crippen molar-refractivity contribution in [3.8, 4) is 5.75 Å². The predicted octanol–water partition coefficient (Wildman–Crippen LogP) is 4.36. The lowest BCUT2D eigenvalue weighted by molar-refractivity contribution is -0.131. The first-order valence-corrected chi connectivity index (χ1v) is 12.6. The number of aliphatic carboxylic acids is 1. The van der Waals surface area contributed by atoms with Crippen molar-refractivity contribution in [2.45, 2.75) is 63.9 Å². The standard InChI is InChI=1S/C28H42O8/c1-21(29)7-5-4-6-8-23-17-25(36-20-34-16-15-32-2)18-26(23)27(13-14-28(30)31)35-19-22-9-11-24(33-3)12-10-22/h6,8-14,21,23,25-27,29H,4-5,7,15-20H2,1-3H3,(H,30,31)/b8-6+,14-13+/t21-,23+,25-,26+,27+/m0/s1. The van der Waals surface area contributed by atoms with Gasteiger partial charge in [0.25, 0.3) is 0 Å². The van der Waals surface area contributed by atoms with Gasteiger partial charge in [-0.25, -0.2) is 4.79 Å². The Hall–Kier alpha value is -2.23. The highest BCUT2D eigenvalue weighted by molar-refractivity contribution is 5.79. The second-order valence-electron chi connectivity index (χ2n) is 9.14. The van der Waals surface area contributed by atoms with Crippen LogP contribution >= 0.6 is 0 Å². The zero-order valence-electron chi connectivity index (χ0n) is 21.7. The molecule has 0 spiro atoms. The summed E-state index contributed by atoms with van der Waals surface area (Å²) in [6.45, 7) is 3.32. The average Bonchev–Trinajstić information content (AvgIpc) is 3.26. The number of aliphatic hydroxyl groups excluding tert-OH is 1. The lowest BCUT2D eigenvalue weighted by Crippen LogP contribution is -2.25. The average molecular weight is 507 g/mol. The molecule has 8 heteroatoms. The summed E-state index contributed by atoms with van der Waals surface area (Å²) in [4.78, 5) is 11.3. The Morgan fingerprint density at radius 3 is 2.61 bits per heavy atom. The number of carbonyl (C=O) groups is 1. The van der Waals surface area contributed by atoms with Crippen LogP contribution in [0.4, 0.5) is 0 Å². The van der Waals surface area contributed by atoms with Crippen LogP contribution in [0.2, 0.25) is 0 Å². The second kappa shape index (κ2) is 17.3. The fourth-order valence-corrected chi connectivity index (χ4v) is 4.35. The summed E-state index contributed by atoms with van der Waals surface area (Å²) in [5, 5.41) is 18.8. The van der Waals surface area contributed by atoms with Crippen LogP contribution in [-0.2, 0) is 30.3 Å². The van der Waals surface area contributed by atoms with Gasteiger partial charge in [0.05, 0.1) is 45.2 Å². The van der Waals surface area contributed by atoms with Crippen LogP contribution in [0.1, 0.15) is 44.6 Å². The molecule has 0 saturated heterocycles. The van der Waals surface area contributed by atoms with E-state index in [0.717, 1.165) is 49.5 Å². The van der Waals surface area contributed by atoms with E-state index in [2.05, 4.69) is 12.2 Å². The normalized spacial score (nSPS) is 21.8. The maximum Gasteiger partial charge on any atom is 0.328 e. The highest BCUT2D eigenvalue weighted by Gasteiger charge is 2.38. The van der Waals surface area contributed by atoms with Gasteiger partial charge in [0, 0.05) is 13.2 Å². The molecule has 1 saturated carbocycles. The summed E-state index contributed by atoms with van der Waals surface area (Å²) >= 11 is 0. The topological polar surface area (TPSA) is 104 Å². The van der Waals surface area contributed by atoms with Crippen molar-refractivity contribution in [1.82, 2.24) is 0 Å². The van der Waals surface area contributed by atoms with E-state index in [0.29, 0.717) is 19.8 Å². The summed E-state index contributed by atoms with van der Waals surface area (Å²) in [5.74, 6) is -0.0170. The Morgan fingerprint density at radius 1 is 1.17 bits per heavy atom. The molecule has 0 aromatic heterocycles. The van der Waals surface area contributed by atoms with E-state index in [-0.39, 0.29) is 30.8 Å². The monoisotopic (exact) mass is 506 g/mol. The van der Waals surface area contributed by atoms with Crippen molar-refractivity contribution in [3.63, 3.8) is 0 Å². The van der Waals surface area contributed by atoms with Crippen molar-refractivity contribution in [2.75, 3.05) is 34.2 Å².